The van der Waals surface area contributed by atoms with Crippen LogP contribution in [0.2, 0.25) is 0 Å². The minimum atomic E-state index is -0.675. The molecule has 1 heterocycles. The number of allylic oxidation sites excluding steroid dienone is 2. The third-order valence-corrected chi connectivity index (χ3v) is 9.80. The number of nitrogens with zero attached hydrogens (tertiary/aromatic N) is 1. The largest absolute Gasteiger partial charge is 0.322 e. The average Bonchev–Trinajstić information content (AvgIpc) is 3.03. The van der Waals surface area contributed by atoms with Crippen LogP contribution in [0, 0.1) is 0 Å². The van der Waals surface area contributed by atoms with Crippen molar-refractivity contribution in [2.45, 2.75) is 12.1 Å². The lowest BCUT2D eigenvalue weighted by atomic mass is 9.85. The molecule has 6 rings (SSSR count). The molecule has 0 saturated heterocycles. The molecule has 0 aromatic heterocycles. The highest BCUT2D eigenvalue weighted by molar-refractivity contribution is 7.79. The number of benzene rings is 5. The van der Waals surface area contributed by atoms with Crippen LogP contribution >= 0.6 is 7.92 Å². The Labute approximate surface area is 237 Å². The van der Waals surface area contributed by atoms with Crippen molar-refractivity contribution in [1.29, 1.82) is 0 Å². The Hall–Kier alpha value is -4.27. The van der Waals surface area contributed by atoms with E-state index in [0.717, 1.165) is 27.8 Å². The van der Waals surface area contributed by atoms with Crippen LogP contribution in [-0.4, -0.2) is 11.1 Å². The van der Waals surface area contributed by atoms with Crippen LogP contribution in [0.25, 0.3) is 11.1 Å². The molecule has 0 bridgehead atoms. The van der Waals surface area contributed by atoms with Crippen molar-refractivity contribution in [3.8, 4) is 0 Å². The molecule has 2 atom stereocenters. The van der Waals surface area contributed by atoms with E-state index in [0.29, 0.717) is 0 Å². The zero-order chi connectivity index (χ0) is 27.3. The maximum atomic E-state index is 7.03. The summed E-state index contributed by atoms with van der Waals surface area (Å²) < 4.78 is 0. The van der Waals surface area contributed by atoms with Crippen molar-refractivity contribution in [3.05, 3.63) is 175 Å². The van der Waals surface area contributed by atoms with Crippen molar-refractivity contribution < 1.29 is 0 Å². The van der Waals surface area contributed by atoms with E-state index in [9.17, 15) is 0 Å². The van der Waals surface area contributed by atoms with Gasteiger partial charge in [0.05, 0.1) is 12.1 Å². The predicted molar refractivity (Wildman–Crippen MR) is 171 cm³/mol. The second-order valence-electron chi connectivity index (χ2n) is 9.93. The summed E-state index contributed by atoms with van der Waals surface area (Å²) in [6, 6.07) is 50.5. The first-order valence-corrected chi connectivity index (χ1v) is 14.9. The van der Waals surface area contributed by atoms with Crippen LogP contribution in [0.4, 0.5) is 0 Å². The molecule has 4 N–H and O–H groups in total. The van der Waals surface area contributed by atoms with Crippen molar-refractivity contribution in [1.82, 2.24) is 5.01 Å². The van der Waals surface area contributed by atoms with Crippen LogP contribution in [0.5, 0.6) is 0 Å². The van der Waals surface area contributed by atoms with Gasteiger partial charge in [0.1, 0.15) is 0 Å². The fraction of sp³-hybridized carbons (Fsp3) is 0.0556. The fourth-order valence-electron chi connectivity index (χ4n) is 5.37. The Morgan fingerprint density at radius 2 is 1.00 bits per heavy atom. The molecular weight excluding hydrogens is 505 g/mol. The maximum Gasteiger partial charge on any atom is 0.0893 e. The number of hydrogen-bond donors (Lipinski definition) is 2. The molecule has 4 heteroatoms. The molecule has 1 unspecified atom stereocenters. The van der Waals surface area contributed by atoms with Gasteiger partial charge in [-0.2, -0.15) is 0 Å². The molecule has 0 aliphatic carbocycles. The normalized spacial score (nSPS) is 15.9. The quantitative estimate of drug-likeness (QED) is 0.194. The van der Waals surface area contributed by atoms with Gasteiger partial charge in [-0.15, -0.1) is 0 Å². The number of nitrogens with two attached hydrogens (primary N) is 2. The van der Waals surface area contributed by atoms with Gasteiger partial charge in [-0.1, -0.05) is 146 Å². The summed E-state index contributed by atoms with van der Waals surface area (Å²) in [7, 11) is -0.675. The van der Waals surface area contributed by atoms with Gasteiger partial charge >= 0.3 is 0 Å². The number of hydrogen-bond acceptors (Lipinski definition) is 3. The molecule has 5 aromatic carbocycles. The molecule has 196 valence electrons. The molecule has 0 amide bonds. The standard InChI is InChI=1S/C36H32N3P/c37-35(29-21-23-33(24-22-29)40(31-17-9-3-10-18-31)32-19-11-4-12-20-32)36-34(28-15-7-2-8-16-28)25-30(26-39(36)38)27-13-5-1-6-14-27/h1-26,35-36H,37-38H2/t35?,36-/m1/s1. The van der Waals surface area contributed by atoms with Crippen molar-refractivity contribution in [3.63, 3.8) is 0 Å². The van der Waals surface area contributed by atoms with Gasteiger partial charge < -0.3 is 10.7 Å². The lowest BCUT2D eigenvalue weighted by molar-refractivity contribution is 0.300. The van der Waals surface area contributed by atoms with Gasteiger partial charge in [0.2, 0.25) is 0 Å². The Morgan fingerprint density at radius 1 is 0.550 bits per heavy atom. The summed E-state index contributed by atoms with van der Waals surface area (Å²) in [6.07, 6.45) is 4.24. The first kappa shape index (κ1) is 26.0. The van der Waals surface area contributed by atoms with Gasteiger partial charge in [-0.05, 0) is 57.7 Å². The monoisotopic (exact) mass is 537 g/mol. The Kier molecular flexibility index (Phi) is 7.70. The Balaban J connectivity index is 1.35. The minimum Gasteiger partial charge on any atom is -0.322 e. The van der Waals surface area contributed by atoms with E-state index >= 15 is 0 Å². The fourth-order valence-corrected chi connectivity index (χ4v) is 7.66. The van der Waals surface area contributed by atoms with E-state index in [1.807, 2.05) is 30.5 Å². The van der Waals surface area contributed by atoms with Crippen LogP contribution < -0.4 is 27.5 Å². The van der Waals surface area contributed by atoms with Crippen molar-refractivity contribution in [2.75, 3.05) is 0 Å². The molecule has 1 aliphatic rings. The molecule has 0 spiro atoms. The van der Waals surface area contributed by atoms with Crippen LogP contribution in [0.1, 0.15) is 22.7 Å². The first-order valence-electron chi connectivity index (χ1n) is 13.5. The van der Waals surface area contributed by atoms with Crippen molar-refractivity contribution >= 4 is 35.0 Å². The molecule has 5 aromatic rings. The van der Waals surface area contributed by atoms with E-state index < -0.39 is 7.92 Å². The number of hydrazine groups is 1. The molecule has 0 radical (unpaired) electrons. The lowest BCUT2D eigenvalue weighted by Crippen LogP contribution is -2.46. The van der Waals surface area contributed by atoms with Crippen LogP contribution in [0.3, 0.4) is 0 Å². The Bertz CT molecular complexity index is 1560. The zero-order valence-electron chi connectivity index (χ0n) is 22.2. The predicted octanol–water partition coefficient (Wildman–Crippen LogP) is 6.13. The number of rotatable bonds is 7. The van der Waals surface area contributed by atoms with E-state index in [2.05, 4.69) is 127 Å². The molecular formula is C36H32N3P. The van der Waals surface area contributed by atoms with Gasteiger partial charge in [0.15, 0.2) is 0 Å². The molecule has 40 heavy (non-hydrogen) atoms. The zero-order valence-corrected chi connectivity index (χ0v) is 23.1. The SMILES string of the molecule is NC(c1ccc(P(c2ccccc2)c2ccccc2)cc1)[C@H]1C(c2ccccc2)=CC(c2ccccc2)=CN1N. The van der Waals surface area contributed by atoms with E-state index in [4.69, 9.17) is 11.6 Å². The smallest absolute Gasteiger partial charge is 0.0893 e. The topological polar surface area (TPSA) is 55.3 Å². The van der Waals surface area contributed by atoms with Crippen LogP contribution in [0.15, 0.2) is 158 Å². The van der Waals surface area contributed by atoms with E-state index in [-0.39, 0.29) is 12.1 Å². The molecule has 1 aliphatic heterocycles. The first-order chi connectivity index (χ1) is 19.7. The second kappa shape index (κ2) is 11.9. The highest BCUT2D eigenvalue weighted by Crippen LogP contribution is 2.37. The highest BCUT2D eigenvalue weighted by Gasteiger charge is 2.31. The summed E-state index contributed by atoms with van der Waals surface area (Å²) in [4.78, 5) is 0. The van der Waals surface area contributed by atoms with E-state index in [1.54, 1.807) is 5.01 Å². The minimum absolute atomic E-state index is 0.217. The van der Waals surface area contributed by atoms with Gasteiger partial charge in [0.25, 0.3) is 0 Å². The summed E-state index contributed by atoms with van der Waals surface area (Å²) in [5.41, 5.74) is 12.5. The molecule has 3 nitrogen and oxygen atoms in total. The highest BCUT2D eigenvalue weighted by atomic mass is 31.1. The van der Waals surface area contributed by atoms with Gasteiger partial charge in [0, 0.05) is 6.20 Å². The summed E-state index contributed by atoms with van der Waals surface area (Å²) in [5, 5.41) is 5.73. The van der Waals surface area contributed by atoms with Gasteiger partial charge in [-0.3, -0.25) is 0 Å². The summed E-state index contributed by atoms with van der Waals surface area (Å²) in [5.74, 6) is 6.74. The van der Waals surface area contributed by atoms with Gasteiger partial charge in [-0.25, -0.2) is 5.84 Å². The third-order valence-electron chi connectivity index (χ3n) is 7.36. The Morgan fingerprint density at radius 3 is 1.52 bits per heavy atom. The molecule has 0 saturated carbocycles. The van der Waals surface area contributed by atoms with Crippen LogP contribution in [-0.2, 0) is 0 Å². The maximum absolute atomic E-state index is 7.03. The summed E-state index contributed by atoms with van der Waals surface area (Å²) in [6.45, 7) is 0. The van der Waals surface area contributed by atoms with Crippen molar-refractivity contribution in [2.24, 2.45) is 11.6 Å². The average molecular weight is 538 g/mol. The second-order valence-corrected chi connectivity index (χ2v) is 12.2. The van der Waals surface area contributed by atoms with E-state index in [1.165, 1.54) is 15.9 Å². The molecule has 0 fully saturated rings. The summed E-state index contributed by atoms with van der Waals surface area (Å²) >= 11 is 0. The lowest BCUT2D eigenvalue weighted by Gasteiger charge is -2.37. The third kappa shape index (κ3) is 5.41.